The van der Waals surface area contributed by atoms with E-state index < -0.39 is 5.97 Å². The van der Waals surface area contributed by atoms with Crippen molar-refractivity contribution in [3.05, 3.63) is 52.2 Å². The summed E-state index contributed by atoms with van der Waals surface area (Å²) in [5.74, 6) is 2.97. The fraction of sp³-hybridized carbons (Fsp3) is 0.235. The second kappa shape index (κ2) is 7.95. The van der Waals surface area contributed by atoms with E-state index in [1.54, 1.807) is 24.5 Å². The SMILES string of the molecule is COc1cc(C2SCCS2)ccc1OC(=O)/C=C/c1cccs1. The Hall–Kier alpha value is -1.37. The van der Waals surface area contributed by atoms with Crippen LogP contribution in [0.5, 0.6) is 11.5 Å². The maximum absolute atomic E-state index is 11.9. The molecule has 23 heavy (non-hydrogen) atoms. The Kier molecular flexibility index (Phi) is 5.70. The summed E-state index contributed by atoms with van der Waals surface area (Å²) in [5.41, 5.74) is 1.20. The highest BCUT2D eigenvalue weighted by atomic mass is 32.2. The lowest BCUT2D eigenvalue weighted by Crippen LogP contribution is -2.05. The number of methoxy groups -OCH3 is 1. The van der Waals surface area contributed by atoms with Gasteiger partial charge in [-0.15, -0.1) is 34.9 Å². The summed E-state index contributed by atoms with van der Waals surface area (Å²) in [6.45, 7) is 0. The van der Waals surface area contributed by atoms with Gasteiger partial charge in [0.15, 0.2) is 11.5 Å². The van der Waals surface area contributed by atoms with Gasteiger partial charge in [0.25, 0.3) is 0 Å². The van der Waals surface area contributed by atoms with Gasteiger partial charge < -0.3 is 9.47 Å². The molecule has 1 aliphatic heterocycles. The number of esters is 1. The highest BCUT2D eigenvalue weighted by Gasteiger charge is 2.20. The Bertz CT molecular complexity index is 689. The molecule has 2 heterocycles. The lowest BCUT2D eigenvalue weighted by molar-refractivity contribution is -0.129. The van der Waals surface area contributed by atoms with Gasteiger partial charge >= 0.3 is 5.97 Å². The van der Waals surface area contributed by atoms with Crippen LogP contribution in [0, 0.1) is 0 Å². The zero-order chi connectivity index (χ0) is 16.1. The number of hydrogen-bond acceptors (Lipinski definition) is 6. The Morgan fingerprint density at radius 1 is 1.22 bits per heavy atom. The third-order valence-electron chi connectivity index (χ3n) is 3.22. The van der Waals surface area contributed by atoms with Gasteiger partial charge in [-0.3, -0.25) is 0 Å². The highest BCUT2D eigenvalue weighted by molar-refractivity contribution is 8.19. The molecule has 0 saturated carbocycles. The zero-order valence-electron chi connectivity index (χ0n) is 12.6. The van der Waals surface area contributed by atoms with Crippen LogP contribution in [0.3, 0.4) is 0 Å². The predicted octanol–water partition coefficient (Wildman–Crippen LogP) is 4.85. The molecule has 0 N–H and O–H groups in total. The summed E-state index contributed by atoms with van der Waals surface area (Å²) in [6, 6.07) is 9.66. The monoisotopic (exact) mass is 364 g/mol. The van der Waals surface area contributed by atoms with Gasteiger partial charge in [0.1, 0.15) is 0 Å². The van der Waals surface area contributed by atoms with Crippen LogP contribution in [0.15, 0.2) is 41.8 Å². The summed E-state index contributed by atoms with van der Waals surface area (Å²) in [6.07, 6.45) is 3.18. The van der Waals surface area contributed by atoms with E-state index in [2.05, 4.69) is 0 Å². The minimum absolute atomic E-state index is 0.408. The van der Waals surface area contributed by atoms with Gasteiger partial charge in [0, 0.05) is 22.5 Å². The maximum Gasteiger partial charge on any atom is 0.336 e. The number of thiophene rings is 1. The number of rotatable bonds is 5. The molecule has 2 aromatic rings. The second-order valence-electron chi connectivity index (χ2n) is 4.75. The number of hydrogen-bond donors (Lipinski definition) is 0. The summed E-state index contributed by atoms with van der Waals surface area (Å²) in [4.78, 5) is 13.0. The molecule has 0 bridgehead atoms. The maximum atomic E-state index is 11.9. The standard InChI is InChI=1S/C17H16O3S3/c1-19-15-11-12(17-22-9-10-23-17)4-6-14(15)20-16(18)7-5-13-3-2-8-21-13/h2-8,11,17H,9-10H2,1H3/b7-5+. The summed E-state index contributed by atoms with van der Waals surface area (Å²) < 4.78 is 11.2. The average Bonchev–Trinajstić information content (AvgIpc) is 3.27. The van der Waals surface area contributed by atoms with E-state index in [0.29, 0.717) is 16.1 Å². The van der Waals surface area contributed by atoms with Crippen molar-refractivity contribution >= 4 is 46.9 Å². The highest BCUT2D eigenvalue weighted by Crippen LogP contribution is 2.46. The molecule has 0 spiro atoms. The van der Waals surface area contributed by atoms with Gasteiger partial charge in [-0.05, 0) is 35.2 Å². The van der Waals surface area contributed by atoms with Crippen LogP contribution in [-0.4, -0.2) is 24.6 Å². The van der Waals surface area contributed by atoms with Gasteiger partial charge in [0.05, 0.1) is 11.7 Å². The number of carbonyl (C=O) groups excluding carboxylic acids is 1. The van der Waals surface area contributed by atoms with E-state index in [1.165, 1.54) is 23.1 Å². The van der Waals surface area contributed by atoms with Gasteiger partial charge in [-0.25, -0.2) is 4.79 Å². The van der Waals surface area contributed by atoms with Crippen LogP contribution in [0.2, 0.25) is 0 Å². The Morgan fingerprint density at radius 2 is 2.04 bits per heavy atom. The predicted molar refractivity (Wildman–Crippen MR) is 99.6 cm³/mol. The van der Waals surface area contributed by atoms with Crippen molar-refractivity contribution in [2.45, 2.75) is 4.58 Å². The van der Waals surface area contributed by atoms with Gasteiger partial charge in [0.2, 0.25) is 0 Å². The van der Waals surface area contributed by atoms with Crippen LogP contribution in [0.4, 0.5) is 0 Å². The molecular weight excluding hydrogens is 348 g/mol. The van der Waals surface area contributed by atoms with Crippen molar-refractivity contribution < 1.29 is 14.3 Å². The third-order valence-corrected chi connectivity index (χ3v) is 7.16. The molecule has 1 aromatic carbocycles. The van der Waals surface area contributed by atoms with Crippen molar-refractivity contribution in [3.63, 3.8) is 0 Å². The second-order valence-corrected chi connectivity index (χ2v) is 8.46. The first kappa shape index (κ1) is 16.5. The van der Waals surface area contributed by atoms with E-state index in [1.807, 2.05) is 59.2 Å². The fourth-order valence-electron chi connectivity index (χ4n) is 2.14. The minimum atomic E-state index is -0.408. The average molecular weight is 365 g/mol. The molecule has 3 rings (SSSR count). The van der Waals surface area contributed by atoms with E-state index in [9.17, 15) is 4.79 Å². The molecule has 1 aromatic heterocycles. The van der Waals surface area contributed by atoms with Crippen molar-refractivity contribution in [1.29, 1.82) is 0 Å². The topological polar surface area (TPSA) is 35.5 Å². The molecule has 1 aliphatic rings. The number of carbonyl (C=O) groups is 1. The van der Waals surface area contributed by atoms with Crippen LogP contribution < -0.4 is 9.47 Å². The molecule has 0 radical (unpaired) electrons. The quantitative estimate of drug-likeness (QED) is 0.430. The third kappa shape index (κ3) is 4.34. The summed E-state index contributed by atoms with van der Waals surface area (Å²) >= 11 is 5.43. The van der Waals surface area contributed by atoms with Crippen LogP contribution >= 0.6 is 34.9 Å². The van der Waals surface area contributed by atoms with Crippen molar-refractivity contribution in [2.24, 2.45) is 0 Å². The van der Waals surface area contributed by atoms with E-state index in [-0.39, 0.29) is 0 Å². The molecule has 1 fully saturated rings. The molecule has 1 saturated heterocycles. The Morgan fingerprint density at radius 3 is 2.74 bits per heavy atom. The normalized spacial score (nSPS) is 15.2. The van der Waals surface area contributed by atoms with Crippen molar-refractivity contribution in [3.8, 4) is 11.5 Å². The lowest BCUT2D eigenvalue weighted by atomic mass is 10.2. The van der Waals surface area contributed by atoms with E-state index in [0.717, 1.165) is 4.88 Å². The molecule has 6 heteroatoms. The fourth-order valence-corrected chi connectivity index (χ4v) is 5.60. The molecule has 0 unspecified atom stereocenters. The van der Waals surface area contributed by atoms with Gasteiger partial charge in [-0.1, -0.05) is 12.1 Å². The molecular formula is C17H16O3S3. The van der Waals surface area contributed by atoms with Crippen LogP contribution in [-0.2, 0) is 4.79 Å². The summed E-state index contributed by atoms with van der Waals surface area (Å²) in [7, 11) is 1.59. The number of benzene rings is 1. The Labute approximate surface area is 148 Å². The molecule has 0 amide bonds. The van der Waals surface area contributed by atoms with E-state index >= 15 is 0 Å². The molecule has 0 aliphatic carbocycles. The number of thioether (sulfide) groups is 2. The van der Waals surface area contributed by atoms with E-state index in [4.69, 9.17) is 9.47 Å². The zero-order valence-corrected chi connectivity index (χ0v) is 15.0. The smallest absolute Gasteiger partial charge is 0.336 e. The van der Waals surface area contributed by atoms with Crippen molar-refractivity contribution in [2.75, 3.05) is 18.6 Å². The first-order chi connectivity index (χ1) is 11.3. The van der Waals surface area contributed by atoms with Crippen molar-refractivity contribution in [1.82, 2.24) is 0 Å². The number of ether oxygens (including phenoxy) is 2. The first-order valence-corrected chi connectivity index (χ1v) is 10.1. The largest absolute Gasteiger partial charge is 0.493 e. The summed E-state index contributed by atoms with van der Waals surface area (Å²) in [5, 5.41) is 1.96. The molecule has 120 valence electrons. The first-order valence-electron chi connectivity index (χ1n) is 7.11. The molecule has 0 atom stereocenters. The molecule has 3 nitrogen and oxygen atoms in total. The Balaban J connectivity index is 1.70. The van der Waals surface area contributed by atoms with Crippen LogP contribution in [0.25, 0.3) is 6.08 Å². The minimum Gasteiger partial charge on any atom is -0.493 e. The van der Waals surface area contributed by atoms with Gasteiger partial charge in [-0.2, -0.15) is 0 Å². The lowest BCUT2D eigenvalue weighted by Gasteiger charge is -2.13. The van der Waals surface area contributed by atoms with Crippen LogP contribution in [0.1, 0.15) is 15.0 Å².